The molecule has 1 aromatic heterocycles. The number of halogens is 4. The van der Waals surface area contributed by atoms with E-state index in [1.807, 2.05) is 18.2 Å². The predicted octanol–water partition coefficient (Wildman–Crippen LogP) is 5.19. The summed E-state index contributed by atoms with van der Waals surface area (Å²) in [5.74, 6) is -1.53. The zero-order valence-corrected chi connectivity index (χ0v) is 14.0. The summed E-state index contributed by atoms with van der Waals surface area (Å²) < 4.78 is 54.3. The highest BCUT2D eigenvalue weighted by Crippen LogP contribution is 2.31. The maximum absolute atomic E-state index is 13.9. The number of ether oxygens (including phenoxy) is 1. The summed E-state index contributed by atoms with van der Waals surface area (Å²) in [5.41, 5.74) is 1.81. The van der Waals surface area contributed by atoms with Crippen molar-refractivity contribution in [2.75, 3.05) is 18.0 Å². The van der Waals surface area contributed by atoms with E-state index in [0.29, 0.717) is 17.2 Å². The molecule has 3 rings (SSSR count). The van der Waals surface area contributed by atoms with Crippen LogP contribution in [0.2, 0.25) is 0 Å². The van der Waals surface area contributed by atoms with Crippen molar-refractivity contribution in [3.8, 4) is 17.0 Å². The molecule has 0 radical (unpaired) electrons. The number of aromatic nitrogens is 1. The number of anilines is 1. The molecule has 1 fully saturated rings. The SMILES string of the molecule is C=C[C@H]1CCCN(c2ccnc(-c3ccc(OC(F)(F)F)c(F)c3)c2)C1. The van der Waals surface area contributed by atoms with Crippen LogP contribution in [-0.2, 0) is 0 Å². The van der Waals surface area contributed by atoms with Crippen molar-refractivity contribution in [2.45, 2.75) is 19.2 Å². The number of rotatable bonds is 4. The fraction of sp³-hybridized carbons (Fsp3) is 0.316. The summed E-state index contributed by atoms with van der Waals surface area (Å²) in [4.78, 5) is 6.42. The number of piperidine rings is 1. The van der Waals surface area contributed by atoms with E-state index in [1.165, 1.54) is 6.07 Å². The summed E-state index contributed by atoms with van der Waals surface area (Å²) >= 11 is 0. The molecule has 2 heterocycles. The lowest BCUT2D eigenvalue weighted by atomic mass is 9.98. The maximum Gasteiger partial charge on any atom is 0.573 e. The highest BCUT2D eigenvalue weighted by atomic mass is 19.4. The van der Waals surface area contributed by atoms with E-state index in [0.717, 1.165) is 43.8 Å². The Morgan fingerprint density at radius 2 is 2.04 bits per heavy atom. The van der Waals surface area contributed by atoms with E-state index in [9.17, 15) is 17.6 Å². The highest BCUT2D eigenvalue weighted by Gasteiger charge is 2.32. The van der Waals surface area contributed by atoms with Crippen molar-refractivity contribution in [3.05, 3.63) is 55.0 Å². The van der Waals surface area contributed by atoms with Gasteiger partial charge in [0.2, 0.25) is 0 Å². The van der Waals surface area contributed by atoms with Crippen LogP contribution in [0.5, 0.6) is 5.75 Å². The van der Waals surface area contributed by atoms with Gasteiger partial charge in [0.05, 0.1) is 5.69 Å². The molecule has 2 aromatic rings. The van der Waals surface area contributed by atoms with Crippen molar-refractivity contribution in [1.29, 1.82) is 0 Å². The first-order chi connectivity index (χ1) is 12.4. The molecule has 26 heavy (non-hydrogen) atoms. The number of pyridine rings is 1. The van der Waals surface area contributed by atoms with Gasteiger partial charge in [0, 0.05) is 30.5 Å². The quantitative estimate of drug-likeness (QED) is 0.550. The lowest BCUT2D eigenvalue weighted by Crippen LogP contribution is -2.34. The Hall–Kier alpha value is -2.57. The first-order valence-electron chi connectivity index (χ1n) is 8.25. The molecule has 0 aliphatic carbocycles. The van der Waals surface area contributed by atoms with Crippen molar-refractivity contribution in [2.24, 2.45) is 5.92 Å². The molecule has 0 unspecified atom stereocenters. The summed E-state index contributed by atoms with van der Waals surface area (Å²) in [5, 5.41) is 0. The molecule has 0 N–H and O–H groups in total. The van der Waals surface area contributed by atoms with E-state index in [2.05, 4.69) is 21.2 Å². The van der Waals surface area contributed by atoms with Crippen LogP contribution in [0.15, 0.2) is 49.2 Å². The van der Waals surface area contributed by atoms with Gasteiger partial charge >= 0.3 is 6.36 Å². The lowest BCUT2D eigenvalue weighted by molar-refractivity contribution is -0.275. The van der Waals surface area contributed by atoms with Crippen LogP contribution in [0, 0.1) is 11.7 Å². The van der Waals surface area contributed by atoms with E-state index in [-0.39, 0.29) is 0 Å². The summed E-state index contributed by atoms with van der Waals surface area (Å²) in [7, 11) is 0. The fourth-order valence-electron chi connectivity index (χ4n) is 3.08. The fourth-order valence-corrected chi connectivity index (χ4v) is 3.08. The molecule has 1 aromatic carbocycles. The van der Waals surface area contributed by atoms with E-state index in [4.69, 9.17) is 0 Å². The predicted molar refractivity (Wildman–Crippen MR) is 91.4 cm³/mol. The number of hydrogen-bond donors (Lipinski definition) is 0. The first kappa shape index (κ1) is 18.2. The van der Waals surface area contributed by atoms with Crippen molar-refractivity contribution in [1.82, 2.24) is 4.98 Å². The van der Waals surface area contributed by atoms with Crippen LogP contribution in [0.1, 0.15) is 12.8 Å². The topological polar surface area (TPSA) is 25.4 Å². The molecule has 138 valence electrons. The van der Waals surface area contributed by atoms with Crippen LogP contribution in [0.25, 0.3) is 11.3 Å². The van der Waals surface area contributed by atoms with Gasteiger partial charge in [0.25, 0.3) is 0 Å². The average Bonchev–Trinajstić information content (AvgIpc) is 2.62. The highest BCUT2D eigenvalue weighted by molar-refractivity contribution is 5.65. The zero-order chi connectivity index (χ0) is 18.7. The Morgan fingerprint density at radius 3 is 2.73 bits per heavy atom. The maximum atomic E-state index is 13.9. The van der Waals surface area contributed by atoms with Gasteiger partial charge in [0.1, 0.15) is 0 Å². The standard InChI is InChI=1S/C19H18F4N2O/c1-2-13-4-3-9-25(12-13)15-7-8-24-17(11-15)14-5-6-18(16(20)10-14)26-19(21,22)23/h2,5-8,10-11,13H,1,3-4,9,12H2/t13-/m0/s1. The van der Waals surface area contributed by atoms with Gasteiger partial charge in [-0.25, -0.2) is 4.39 Å². The van der Waals surface area contributed by atoms with Crippen LogP contribution < -0.4 is 9.64 Å². The van der Waals surface area contributed by atoms with Crippen LogP contribution in [0.3, 0.4) is 0 Å². The smallest absolute Gasteiger partial charge is 0.403 e. The summed E-state index contributed by atoms with van der Waals surface area (Å²) in [6, 6.07) is 6.99. The van der Waals surface area contributed by atoms with Crippen molar-refractivity contribution >= 4 is 5.69 Å². The van der Waals surface area contributed by atoms with Gasteiger partial charge in [-0.3, -0.25) is 4.98 Å². The van der Waals surface area contributed by atoms with E-state index < -0.39 is 17.9 Å². The Morgan fingerprint density at radius 1 is 1.23 bits per heavy atom. The third-order valence-corrected chi connectivity index (χ3v) is 4.35. The second-order valence-electron chi connectivity index (χ2n) is 6.18. The molecule has 1 atom stereocenters. The molecule has 1 aliphatic heterocycles. The lowest BCUT2D eigenvalue weighted by Gasteiger charge is -2.33. The minimum Gasteiger partial charge on any atom is -0.403 e. The first-order valence-corrected chi connectivity index (χ1v) is 8.25. The van der Waals surface area contributed by atoms with Crippen LogP contribution in [0.4, 0.5) is 23.2 Å². The Balaban J connectivity index is 1.84. The van der Waals surface area contributed by atoms with Crippen molar-refractivity contribution < 1.29 is 22.3 Å². The second-order valence-corrected chi connectivity index (χ2v) is 6.18. The molecule has 0 bridgehead atoms. The number of hydrogen-bond acceptors (Lipinski definition) is 3. The molecule has 0 amide bonds. The molecule has 0 spiro atoms. The number of benzene rings is 1. The van der Waals surface area contributed by atoms with Gasteiger partial charge in [-0.2, -0.15) is 0 Å². The number of nitrogens with zero attached hydrogens (tertiary/aromatic N) is 2. The molecular formula is C19H18F4N2O. The van der Waals surface area contributed by atoms with E-state index >= 15 is 0 Å². The molecule has 1 aliphatic rings. The Kier molecular flexibility index (Phi) is 5.15. The van der Waals surface area contributed by atoms with Crippen LogP contribution >= 0.6 is 0 Å². The van der Waals surface area contributed by atoms with Gasteiger partial charge in [-0.15, -0.1) is 19.8 Å². The number of alkyl halides is 3. The third-order valence-electron chi connectivity index (χ3n) is 4.35. The van der Waals surface area contributed by atoms with E-state index in [1.54, 1.807) is 6.20 Å². The molecule has 0 saturated carbocycles. The molecule has 1 saturated heterocycles. The average molecular weight is 366 g/mol. The Labute approximate surface area is 148 Å². The largest absolute Gasteiger partial charge is 0.573 e. The monoisotopic (exact) mass is 366 g/mol. The van der Waals surface area contributed by atoms with Gasteiger partial charge in [-0.1, -0.05) is 6.08 Å². The Bertz CT molecular complexity index is 791. The molecule has 7 heteroatoms. The molecular weight excluding hydrogens is 348 g/mol. The summed E-state index contributed by atoms with van der Waals surface area (Å²) in [6.45, 7) is 5.60. The van der Waals surface area contributed by atoms with Gasteiger partial charge in [-0.05, 0) is 49.1 Å². The van der Waals surface area contributed by atoms with Crippen LogP contribution in [-0.4, -0.2) is 24.4 Å². The zero-order valence-electron chi connectivity index (χ0n) is 14.0. The minimum atomic E-state index is -4.93. The normalized spacial score (nSPS) is 17.8. The summed E-state index contributed by atoms with van der Waals surface area (Å²) in [6.07, 6.45) is 0.774. The van der Waals surface area contributed by atoms with Gasteiger partial charge < -0.3 is 9.64 Å². The molecule has 3 nitrogen and oxygen atoms in total. The minimum absolute atomic E-state index is 0.385. The van der Waals surface area contributed by atoms with Crippen molar-refractivity contribution in [3.63, 3.8) is 0 Å². The third kappa shape index (κ3) is 4.33. The second kappa shape index (κ2) is 7.35. The van der Waals surface area contributed by atoms with Gasteiger partial charge in [0.15, 0.2) is 11.6 Å².